The zero-order valence-electron chi connectivity index (χ0n) is 9.46. The second-order valence-corrected chi connectivity index (χ2v) is 5.03. The Morgan fingerprint density at radius 2 is 2.47 bits per heavy atom. The highest BCUT2D eigenvalue weighted by Crippen LogP contribution is 2.22. The van der Waals surface area contributed by atoms with E-state index in [0.29, 0.717) is 0 Å². The van der Waals surface area contributed by atoms with Gasteiger partial charge in [-0.25, -0.2) is 9.78 Å². The van der Waals surface area contributed by atoms with Crippen molar-refractivity contribution in [2.24, 2.45) is 0 Å². The number of aromatic nitrogens is 1. The third-order valence-corrected chi connectivity index (χ3v) is 3.73. The number of aromatic carboxylic acids is 1. The first-order chi connectivity index (χ1) is 8.25. The smallest absolute Gasteiger partial charge is 0.335 e. The number of carbonyl (C=O) groups is 1. The SMILES string of the molecule is O=C(O)c1ccnc(SCC2CCCCO2)c1. The lowest BCUT2D eigenvalue weighted by Crippen LogP contribution is -2.21. The molecule has 1 aromatic rings. The molecule has 1 aliphatic heterocycles. The van der Waals surface area contributed by atoms with E-state index in [2.05, 4.69) is 4.98 Å². The number of carboxylic acids is 1. The van der Waals surface area contributed by atoms with Crippen LogP contribution in [0.5, 0.6) is 0 Å². The highest BCUT2D eigenvalue weighted by atomic mass is 32.2. The van der Waals surface area contributed by atoms with E-state index < -0.39 is 5.97 Å². The van der Waals surface area contributed by atoms with Crippen LogP contribution in [0.1, 0.15) is 29.6 Å². The minimum Gasteiger partial charge on any atom is -0.478 e. The lowest BCUT2D eigenvalue weighted by atomic mass is 10.1. The first kappa shape index (κ1) is 12.4. The molecule has 0 bridgehead atoms. The molecule has 1 N–H and O–H groups in total. The zero-order valence-corrected chi connectivity index (χ0v) is 10.3. The molecule has 0 amide bonds. The van der Waals surface area contributed by atoms with Crippen molar-refractivity contribution in [3.63, 3.8) is 0 Å². The molecule has 0 aromatic carbocycles. The number of nitrogens with zero attached hydrogens (tertiary/aromatic N) is 1. The Bertz CT molecular complexity index is 391. The third kappa shape index (κ3) is 3.71. The van der Waals surface area contributed by atoms with E-state index in [9.17, 15) is 4.79 Å². The second kappa shape index (κ2) is 6.02. The summed E-state index contributed by atoms with van der Waals surface area (Å²) >= 11 is 1.56. The summed E-state index contributed by atoms with van der Waals surface area (Å²) in [5.41, 5.74) is 0.284. The Kier molecular flexibility index (Phi) is 4.39. The standard InChI is InChI=1S/C12H15NO3S/c14-12(15)9-4-5-13-11(7-9)17-8-10-3-1-2-6-16-10/h4-5,7,10H,1-3,6,8H2,(H,14,15). The maximum atomic E-state index is 10.8. The molecule has 1 unspecified atom stereocenters. The largest absolute Gasteiger partial charge is 0.478 e. The van der Waals surface area contributed by atoms with E-state index in [4.69, 9.17) is 9.84 Å². The summed E-state index contributed by atoms with van der Waals surface area (Å²) in [6.45, 7) is 0.841. The number of ether oxygens (including phenoxy) is 1. The van der Waals surface area contributed by atoms with Crippen LogP contribution in [-0.2, 0) is 4.74 Å². The molecule has 2 heterocycles. The Morgan fingerprint density at radius 3 is 3.18 bits per heavy atom. The van der Waals surface area contributed by atoms with Crippen molar-refractivity contribution in [3.05, 3.63) is 23.9 Å². The van der Waals surface area contributed by atoms with Crippen LogP contribution in [0.3, 0.4) is 0 Å². The monoisotopic (exact) mass is 253 g/mol. The van der Waals surface area contributed by atoms with Gasteiger partial charge in [-0.05, 0) is 31.4 Å². The summed E-state index contributed by atoms with van der Waals surface area (Å²) in [7, 11) is 0. The summed E-state index contributed by atoms with van der Waals surface area (Å²) in [6.07, 6.45) is 5.27. The van der Waals surface area contributed by atoms with E-state index in [1.54, 1.807) is 17.8 Å². The minimum atomic E-state index is -0.914. The van der Waals surface area contributed by atoms with Crippen LogP contribution in [0.2, 0.25) is 0 Å². The molecule has 0 saturated carbocycles. The van der Waals surface area contributed by atoms with E-state index >= 15 is 0 Å². The van der Waals surface area contributed by atoms with E-state index in [1.165, 1.54) is 18.7 Å². The number of pyridine rings is 1. The molecule has 0 spiro atoms. The van der Waals surface area contributed by atoms with Crippen molar-refractivity contribution < 1.29 is 14.6 Å². The fourth-order valence-electron chi connectivity index (χ4n) is 1.74. The second-order valence-electron chi connectivity index (χ2n) is 3.99. The summed E-state index contributed by atoms with van der Waals surface area (Å²) in [5.74, 6) is -0.0704. The molecular weight excluding hydrogens is 238 g/mol. The minimum absolute atomic E-state index is 0.282. The van der Waals surface area contributed by atoms with Gasteiger partial charge >= 0.3 is 5.97 Å². The van der Waals surface area contributed by atoms with E-state index in [1.807, 2.05) is 0 Å². The molecular formula is C12H15NO3S. The summed E-state index contributed by atoms with van der Waals surface area (Å²) < 4.78 is 5.61. The summed E-state index contributed by atoms with van der Waals surface area (Å²) in [5, 5.41) is 9.61. The molecule has 4 nitrogen and oxygen atoms in total. The van der Waals surface area contributed by atoms with Gasteiger partial charge in [-0.2, -0.15) is 0 Å². The van der Waals surface area contributed by atoms with Crippen molar-refractivity contribution in [3.8, 4) is 0 Å². The van der Waals surface area contributed by atoms with Gasteiger partial charge in [-0.15, -0.1) is 11.8 Å². The Labute approximate surface area is 104 Å². The number of hydrogen-bond donors (Lipinski definition) is 1. The average Bonchev–Trinajstić information content (AvgIpc) is 2.38. The van der Waals surface area contributed by atoms with Crippen molar-refractivity contribution in [2.45, 2.75) is 30.4 Å². The maximum absolute atomic E-state index is 10.8. The van der Waals surface area contributed by atoms with Crippen LogP contribution in [-0.4, -0.2) is 34.5 Å². The predicted molar refractivity (Wildman–Crippen MR) is 65.5 cm³/mol. The molecule has 0 radical (unpaired) electrons. The van der Waals surface area contributed by atoms with Crippen molar-refractivity contribution in [1.29, 1.82) is 0 Å². The quantitative estimate of drug-likeness (QED) is 0.835. The van der Waals surface area contributed by atoms with Gasteiger partial charge in [0.1, 0.15) is 0 Å². The number of hydrogen-bond acceptors (Lipinski definition) is 4. The fourth-order valence-corrected chi connectivity index (χ4v) is 2.70. The van der Waals surface area contributed by atoms with Gasteiger partial charge < -0.3 is 9.84 Å². The topological polar surface area (TPSA) is 59.4 Å². The van der Waals surface area contributed by atoms with Crippen molar-refractivity contribution in [2.75, 3.05) is 12.4 Å². The molecule has 1 atom stereocenters. The molecule has 92 valence electrons. The molecule has 1 saturated heterocycles. The third-order valence-electron chi connectivity index (χ3n) is 2.67. The van der Waals surface area contributed by atoms with Crippen LogP contribution >= 0.6 is 11.8 Å². The summed E-state index contributed by atoms with van der Waals surface area (Å²) in [6, 6.07) is 3.11. The first-order valence-electron chi connectivity index (χ1n) is 5.69. The molecule has 1 fully saturated rings. The molecule has 5 heteroatoms. The zero-order chi connectivity index (χ0) is 12.1. The lowest BCUT2D eigenvalue weighted by Gasteiger charge is -2.21. The number of thioether (sulfide) groups is 1. The molecule has 0 aliphatic carbocycles. The summed E-state index contributed by atoms with van der Waals surface area (Å²) in [4.78, 5) is 14.9. The molecule has 1 aliphatic rings. The number of carboxylic acid groups (broad SMARTS) is 1. The van der Waals surface area contributed by atoms with Crippen LogP contribution in [0, 0.1) is 0 Å². The van der Waals surface area contributed by atoms with Crippen molar-refractivity contribution >= 4 is 17.7 Å². The van der Waals surface area contributed by atoms with Gasteiger partial charge in [0.25, 0.3) is 0 Å². The lowest BCUT2D eigenvalue weighted by molar-refractivity contribution is 0.0315. The maximum Gasteiger partial charge on any atom is 0.335 e. The normalized spacial score (nSPS) is 20.1. The molecule has 17 heavy (non-hydrogen) atoms. The Balaban J connectivity index is 1.89. The van der Waals surface area contributed by atoms with Crippen LogP contribution in [0.15, 0.2) is 23.4 Å². The van der Waals surface area contributed by atoms with E-state index in [-0.39, 0.29) is 11.7 Å². The Morgan fingerprint density at radius 1 is 1.59 bits per heavy atom. The number of rotatable bonds is 4. The first-order valence-corrected chi connectivity index (χ1v) is 6.68. The highest BCUT2D eigenvalue weighted by Gasteiger charge is 2.14. The van der Waals surface area contributed by atoms with Gasteiger partial charge in [-0.1, -0.05) is 0 Å². The van der Waals surface area contributed by atoms with Gasteiger partial charge in [0, 0.05) is 18.6 Å². The van der Waals surface area contributed by atoms with E-state index in [0.717, 1.165) is 30.2 Å². The fraction of sp³-hybridized carbons (Fsp3) is 0.500. The van der Waals surface area contributed by atoms with Gasteiger partial charge in [0.15, 0.2) is 0 Å². The van der Waals surface area contributed by atoms with Crippen LogP contribution in [0.25, 0.3) is 0 Å². The van der Waals surface area contributed by atoms with Crippen LogP contribution < -0.4 is 0 Å². The highest BCUT2D eigenvalue weighted by molar-refractivity contribution is 7.99. The average molecular weight is 253 g/mol. The molecule has 1 aromatic heterocycles. The molecule has 2 rings (SSSR count). The Hall–Kier alpha value is -1.07. The van der Waals surface area contributed by atoms with Gasteiger partial charge in [0.2, 0.25) is 0 Å². The predicted octanol–water partition coefficient (Wildman–Crippen LogP) is 2.44. The van der Waals surface area contributed by atoms with Crippen molar-refractivity contribution in [1.82, 2.24) is 4.98 Å². The van der Waals surface area contributed by atoms with Gasteiger partial charge in [0.05, 0.1) is 16.7 Å². The van der Waals surface area contributed by atoms with Gasteiger partial charge in [-0.3, -0.25) is 0 Å². The van der Waals surface area contributed by atoms with Crippen LogP contribution in [0.4, 0.5) is 0 Å².